The van der Waals surface area contributed by atoms with Crippen LogP contribution in [0, 0.1) is 0 Å². The van der Waals surface area contributed by atoms with Gasteiger partial charge in [0.2, 0.25) is 0 Å². The van der Waals surface area contributed by atoms with Gasteiger partial charge in [-0.1, -0.05) is 147 Å². The average Bonchev–Trinajstić information content (AvgIpc) is 3.32. The van der Waals surface area contributed by atoms with Crippen molar-refractivity contribution in [3.05, 3.63) is 175 Å². The number of nitrogens with zero attached hydrogens (tertiary/aromatic N) is 1. The molecular formula is C43H33N. The summed E-state index contributed by atoms with van der Waals surface area (Å²) in [6.45, 7) is 4.73. The van der Waals surface area contributed by atoms with Crippen LogP contribution in [-0.4, -0.2) is 0 Å². The van der Waals surface area contributed by atoms with E-state index in [0.717, 1.165) is 11.4 Å². The van der Waals surface area contributed by atoms with E-state index >= 15 is 0 Å². The maximum absolute atomic E-state index is 2.47. The summed E-state index contributed by atoms with van der Waals surface area (Å²) in [6.07, 6.45) is 0. The molecule has 1 aliphatic carbocycles. The lowest BCUT2D eigenvalue weighted by Crippen LogP contribution is -2.20. The lowest BCUT2D eigenvalue weighted by molar-refractivity contribution is 0.661. The molecule has 210 valence electrons. The lowest BCUT2D eigenvalue weighted by Gasteiger charge is -2.32. The number of hydrogen-bond donors (Lipinski definition) is 0. The highest BCUT2D eigenvalue weighted by atomic mass is 15.1. The molecule has 1 aliphatic rings. The van der Waals surface area contributed by atoms with Crippen molar-refractivity contribution in [1.29, 1.82) is 0 Å². The van der Waals surface area contributed by atoms with Gasteiger partial charge in [0.15, 0.2) is 0 Å². The van der Waals surface area contributed by atoms with Crippen LogP contribution < -0.4 is 4.90 Å². The molecule has 0 amide bonds. The topological polar surface area (TPSA) is 3.24 Å². The van der Waals surface area contributed by atoms with Crippen molar-refractivity contribution in [2.45, 2.75) is 19.3 Å². The molecule has 0 radical (unpaired) electrons. The van der Waals surface area contributed by atoms with Gasteiger partial charge in [-0.15, -0.1) is 0 Å². The average molecular weight is 564 g/mol. The molecule has 7 aromatic rings. The van der Waals surface area contributed by atoms with Crippen molar-refractivity contribution in [3.63, 3.8) is 0 Å². The van der Waals surface area contributed by atoms with Crippen molar-refractivity contribution >= 4 is 27.8 Å². The highest BCUT2D eigenvalue weighted by Gasteiger charge is 2.38. The standard InChI is InChI=1S/C43H33N/c1-43(2)40-26-9-8-23-38(40)39-25-13-27-41(42(39)43)44(34-20-10-18-32(28-34)30-14-4-3-5-15-30)35-21-11-19-33(29-35)37-24-12-17-31-16-6-7-22-36(31)37/h3-29H,1-2H3. The molecule has 8 rings (SSSR count). The van der Waals surface area contributed by atoms with Crippen molar-refractivity contribution < 1.29 is 0 Å². The van der Waals surface area contributed by atoms with Crippen molar-refractivity contribution in [1.82, 2.24) is 0 Å². The first kappa shape index (κ1) is 26.2. The normalized spacial score (nSPS) is 13.0. The van der Waals surface area contributed by atoms with Crippen LogP contribution in [-0.2, 0) is 5.41 Å². The fourth-order valence-electron chi connectivity index (χ4n) is 7.18. The van der Waals surface area contributed by atoms with Gasteiger partial charge in [0.1, 0.15) is 0 Å². The SMILES string of the molecule is CC1(C)c2ccccc2-c2cccc(N(c3cccc(-c4ccccc4)c3)c3cccc(-c4cccc5ccccc45)c3)c21. The highest BCUT2D eigenvalue weighted by Crippen LogP contribution is 2.54. The van der Waals surface area contributed by atoms with Gasteiger partial charge < -0.3 is 4.90 Å². The van der Waals surface area contributed by atoms with E-state index in [2.05, 4.69) is 183 Å². The molecule has 0 N–H and O–H groups in total. The molecular weight excluding hydrogens is 530 g/mol. The number of fused-ring (bicyclic) bond motifs is 4. The second-order valence-corrected chi connectivity index (χ2v) is 12.2. The van der Waals surface area contributed by atoms with E-state index in [1.165, 1.54) is 61.0 Å². The molecule has 0 spiro atoms. The van der Waals surface area contributed by atoms with E-state index in [9.17, 15) is 0 Å². The van der Waals surface area contributed by atoms with Crippen LogP contribution in [0.25, 0.3) is 44.2 Å². The van der Waals surface area contributed by atoms with Gasteiger partial charge in [-0.25, -0.2) is 0 Å². The molecule has 0 bridgehead atoms. The van der Waals surface area contributed by atoms with E-state index in [-0.39, 0.29) is 5.41 Å². The number of anilines is 3. The molecule has 1 heteroatoms. The second-order valence-electron chi connectivity index (χ2n) is 12.2. The fraction of sp³-hybridized carbons (Fsp3) is 0.0698. The predicted octanol–water partition coefficient (Wildman–Crippen LogP) is 11.9. The first-order valence-corrected chi connectivity index (χ1v) is 15.4. The number of rotatable bonds is 5. The molecule has 0 saturated carbocycles. The zero-order valence-electron chi connectivity index (χ0n) is 25.0. The molecule has 0 aromatic heterocycles. The van der Waals surface area contributed by atoms with E-state index < -0.39 is 0 Å². The van der Waals surface area contributed by atoms with Crippen LogP contribution >= 0.6 is 0 Å². The van der Waals surface area contributed by atoms with E-state index in [1.807, 2.05) is 0 Å². The van der Waals surface area contributed by atoms with Crippen LogP contribution in [0.1, 0.15) is 25.0 Å². The van der Waals surface area contributed by atoms with Gasteiger partial charge in [-0.3, -0.25) is 0 Å². The third kappa shape index (κ3) is 4.24. The van der Waals surface area contributed by atoms with Crippen LogP contribution in [0.15, 0.2) is 164 Å². The summed E-state index contributed by atoms with van der Waals surface area (Å²) in [5.74, 6) is 0. The summed E-state index contributed by atoms with van der Waals surface area (Å²) in [5, 5.41) is 2.52. The first-order valence-electron chi connectivity index (χ1n) is 15.4. The van der Waals surface area contributed by atoms with E-state index in [4.69, 9.17) is 0 Å². The molecule has 0 unspecified atom stereocenters. The molecule has 0 atom stereocenters. The smallest absolute Gasteiger partial charge is 0.0508 e. The first-order chi connectivity index (χ1) is 21.6. The summed E-state index contributed by atoms with van der Waals surface area (Å²) >= 11 is 0. The van der Waals surface area contributed by atoms with Crippen LogP contribution in [0.4, 0.5) is 17.1 Å². The zero-order chi connectivity index (χ0) is 29.7. The molecule has 7 aromatic carbocycles. The largest absolute Gasteiger partial charge is 0.310 e. The Morgan fingerprint density at radius 2 is 1.00 bits per heavy atom. The van der Waals surface area contributed by atoms with Gasteiger partial charge in [-0.2, -0.15) is 0 Å². The zero-order valence-corrected chi connectivity index (χ0v) is 25.0. The molecule has 0 heterocycles. The molecule has 0 aliphatic heterocycles. The Morgan fingerprint density at radius 3 is 1.84 bits per heavy atom. The Labute approximate surface area is 259 Å². The summed E-state index contributed by atoms with van der Waals surface area (Å²) in [7, 11) is 0. The lowest BCUT2D eigenvalue weighted by atomic mass is 9.81. The van der Waals surface area contributed by atoms with Crippen molar-refractivity contribution in [2.75, 3.05) is 4.90 Å². The van der Waals surface area contributed by atoms with Crippen LogP contribution in [0.3, 0.4) is 0 Å². The Bertz CT molecular complexity index is 2150. The molecule has 1 nitrogen and oxygen atoms in total. The minimum Gasteiger partial charge on any atom is -0.310 e. The Balaban J connectivity index is 1.37. The van der Waals surface area contributed by atoms with Crippen molar-refractivity contribution in [3.8, 4) is 33.4 Å². The van der Waals surface area contributed by atoms with Gasteiger partial charge in [0.05, 0.1) is 5.69 Å². The number of hydrogen-bond acceptors (Lipinski definition) is 1. The predicted molar refractivity (Wildman–Crippen MR) is 187 cm³/mol. The van der Waals surface area contributed by atoms with Crippen molar-refractivity contribution in [2.24, 2.45) is 0 Å². The summed E-state index contributed by atoms with van der Waals surface area (Å²) in [6, 6.07) is 59.6. The Morgan fingerprint density at radius 1 is 0.432 bits per heavy atom. The van der Waals surface area contributed by atoms with Crippen LogP contribution in [0.2, 0.25) is 0 Å². The second kappa shape index (κ2) is 10.4. The summed E-state index contributed by atoms with van der Waals surface area (Å²) < 4.78 is 0. The minimum absolute atomic E-state index is 0.148. The maximum Gasteiger partial charge on any atom is 0.0508 e. The Kier molecular flexibility index (Phi) is 6.20. The van der Waals surface area contributed by atoms with Gasteiger partial charge in [0.25, 0.3) is 0 Å². The number of benzene rings is 7. The molecule has 44 heavy (non-hydrogen) atoms. The van der Waals surface area contributed by atoms with E-state index in [1.54, 1.807) is 0 Å². The fourth-order valence-corrected chi connectivity index (χ4v) is 7.18. The van der Waals surface area contributed by atoms with E-state index in [0.29, 0.717) is 0 Å². The highest BCUT2D eigenvalue weighted by molar-refractivity contribution is 5.98. The van der Waals surface area contributed by atoms with Gasteiger partial charge >= 0.3 is 0 Å². The minimum atomic E-state index is -0.148. The van der Waals surface area contributed by atoms with Gasteiger partial charge in [0, 0.05) is 16.8 Å². The third-order valence-corrected chi connectivity index (χ3v) is 9.22. The molecule has 0 saturated heterocycles. The Hall–Kier alpha value is -5.40. The summed E-state index contributed by atoms with van der Waals surface area (Å²) in [5.41, 5.74) is 13.6. The monoisotopic (exact) mass is 563 g/mol. The molecule has 0 fully saturated rings. The van der Waals surface area contributed by atoms with Gasteiger partial charge in [-0.05, 0) is 85.6 Å². The maximum atomic E-state index is 2.47. The quantitative estimate of drug-likeness (QED) is 0.201. The van der Waals surface area contributed by atoms with Crippen LogP contribution in [0.5, 0.6) is 0 Å². The summed E-state index contributed by atoms with van der Waals surface area (Å²) in [4.78, 5) is 2.47. The third-order valence-electron chi connectivity index (χ3n) is 9.22.